The second-order valence-corrected chi connectivity index (χ2v) is 2.85. The molecule has 7 heteroatoms. The topological polar surface area (TPSA) is 107 Å². The Labute approximate surface area is 73.1 Å². The number of nitrogens with two attached hydrogens (primary N) is 2. The highest BCUT2D eigenvalue weighted by atomic mass is 32.1. The van der Waals surface area contributed by atoms with Crippen molar-refractivity contribution in [3.63, 3.8) is 0 Å². The summed E-state index contributed by atoms with van der Waals surface area (Å²) >= 11 is 1.15. The lowest BCUT2D eigenvalue weighted by molar-refractivity contribution is -0.117. The minimum atomic E-state index is -0.347. The molecule has 1 amide bonds. The standard InChI is InChI=1S/C5H9N5OS/c6-3(11)1-2-8-5-9-4(7)10-12-5/h1-2H2,(H2,6,11)(H3,7,8,9,10). The predicted molar refractivity (Wildman–Crippen MR) is 46.6 cm³/mol. The molecule has 0 atom stereocenters. The highest BCUT2D eigenvalue weighted by Crippen LogP contribution is 2.10. The van der Waals surface area contributed by atoms with Crippen molar-refractivity contribution in [3.8, 4) is 0 Å². The van der Waals surface area contributed by atoms with Crippen LogP contribution >= 0.6 is 11.5 Å². The Kier molecular flexibility index (Phi) is 2.81. The monoisotopic (exact) mass is 187 g/mol. The van der Waals surface area contributed by atoms with Crippen LogP contribution in [0.5, 0.6) is 0 Å². The van der Waals surface area contributed by atoms with Crippen LogP contribution in [-0.4, -0.2) is 21.8 Å². The van der Waals surface area contributed by atoms with E-state index in [9.17, 15) is 4.79 Å². The van der Waals surface area contributed by atoms with Crippen LogP contribution in [0.15, 0.2) is 0 Å². The molecule has 0 saturated carbocycles. The van der Waals surface area contributed by atoms with Gasteiger partial charge in [0.05, 0.1) is 0 Å². The van der Waals surface area contributed by atoms with Crippen molar-refractivity contribution in [1.82, 2.24) is 9.36 Å². The van der Waals surface area contributed by atoms with Gasteiger partial charge in [-0.3, -0.25) is 4.79 Å². The summed E-state index contributed by atoms with van der Waals surface area (Å²) in [6.45, 7) is 0.462. The summed E-state index contributed by atoms with van der Waals surface area (Å²) in [5.74, 6) is -0.110. The molecule has 0 saturated heterocycles. The van der Waals surface area contributed by atoms with Crippen LogP contribution in [0, 0.1) is 0 Å². The Bertz CT molecular complexity index is 273. The fourth-order valence-electron chi connectivity index (χ4n) is 0.599. The Morgan fingerprint density at radius 1 is 1.67 bits per heavy atom. The van der Waals surface area contributed by atoms with Gasteiger partial charge in [-0.25, -0.2) is 0 Å². The Balaban J connectivity index is 2.29. The molecular weight excluding hydrogens is 178 g/mol. The maximum absolute atomic E-state index is 10.3. The molecule has 0 fully saturated rings. The number of rotatable bonds is 4. The summed E-state index contributed by atoms with van der Waals surface area (Å²) in [6, 6.07) is 0. The predicted octanol–water partition coefficient (Wildman–Crippen LogP) is -0.592. The average Bonchev–Trinajstić information content (AvgIpc) is 2.35. The molecule has 0 aliphatic rings. The van der Waals surface area contributed by atoms with Gasteiger partial charge >= 0.3 is 0 Å². The first-order valence-corrected chi connectivity index (χ1v) is 4.07. The fraction of sp³-hybridized carbons (Fsp3) is 0.400. The average molecular weight is 187 g/mol. The second-order valence-electron chi connectivity index (χ2n) is 2.10. The zero-order chi connectivity index (χ0) is 8.97. The number of carbonyl (C=O) groups excluding carboxylic acids is 1. The third kappa shape index (κ3) is 2.70. The third-order valence-corrected chi connectivity index (χ3v) is 1.78. The normalized spacial score (nSPS) is 9.67. The Hall–Kier alpha value is -1.37. The van der Waals surface area contributed by atoms with Crippen LogP contribution in [0.25, 0.3) is 0 Å². The quantitative estimate of drug-likeness (QED) is 0.584. The van der Waals surface area contributed by atoms with Gasteiger partial charge in [-0.05, 0) is 0 Å². The molecule has 0 spiro atoms. The van der Waals surface area contributed by atoms with Gasteiger partial charge in [-0.1, -0.05) is 0 Å². The van der Waals surface area contributed by atoms with Crippen molar-refractivity contribution in [1.29, 1.82) is 0 Å². The van der Waals surface area contributed by atoms with Crippen LogP contribution in [0.3, 0.4) is 0 Å². The van der Waals surface area contributed by atoms with E-state index >= 15 is 0 Å². The van der Waals surface area contributed by atoms with E-state index in [0.29, 0.717) is 11.7 Å². The minimum absolute atomic E-state index is 0.238. The molecular formula is C5H9N5OS. The van der Waals surface area contributed by atoms with Gasteiger partial charge in [-0.2, -0.15) is 9.36 Å². The zero-order valence-corrected chi connectivity index (χ0v) is 7.10. The van der Waals surface area contributed by atoms with Crippen molar-refractivity contribution in [3.05, 3.63) is 0 Å². The molecule has 1 heterocycles. The van der Waals surface area contributed by atoms with E-state index in [-0.39, 0.29) is 18.3 Å². The molecule has 0 aliphatic heterocycles. The van der Waals surface area contributed by atoms with E-state index in [1.165, 1.54) is 0 Å². The molecule has 1 aromatic rings. The molecule has 12 heavy (non-hydrogen) atoms. The minimum Gasteiger partial charge on any atom is -0.370 e. The lowest BCUT2D eigenvalue weighted by atomic mass is 10.4. The van der Waals surface area contributed by atoms with Gasteiger partial charge in [0.15, 0.2) is 0 Å². The summed E-state index contributed by atoms with van der Waals surface area (Å²) in [5.41, 5.74) is 10.2. The summed E-state index contributed by atoms with van der Waals surface area (Å²) in [6.07, 6.45) is 0.277. The third-order valence-electron chi connectivity index (χ3n) is 1.09. The van der Waals surface area contributed by atoms with Crippen LogP contribution in [-0.2, 0) is 4.79 Å². The smallest absolute Gasteiger partial charge is 0.233 e. The summed E-state index contributed by atoms with van der Waals surface area (Å²) < 4.78 is 3.74. The SMILES string of the molecule is NC(=O)CCNc1nc(N)ns1. The maximum atomic E-state index is 10.3. The van der Waals surface area contributed by atoms with E-state index < -0.39 is 0 Å². The second kappa shape index (κ2) is 3.86. The first-order valence-electron chi connectivity index (χ1n) is 3.30. The molecule has 6 nitrogen and oxygen atoms in total. The highest BCUT2D eigenvalue weighted by Gasteiger charge is 1.99. The van der Waals surface area contributed by atoms with Crippen molar-refractivity contribution in [2.75, 3.05) is 17.6 Å². The van der Waals surface area contributed by atoms with Crippen molar-refractivity contribution < 1.29 is 4.79 Å². The number of nitrogens with zero attached hydrogens (tertiary/aromatic N) is 2. The molecule has 0 radical (unpaired) electrons. The fourth-order valence-corrected chi connectivity index (χ4v) is 1.12. The van der Waals surface area contributed by atoms with Crippen molar-refractivity contribution in [2.24, 2.45) is 5.73 Å². The number of aromatic nitrogens is 2. The van der Waals surface area contributed by atoms with Gasteiger partial charge in [0, 0.05) is 24.5 Å². The number of amides is 1. The number of hydrogen-bond donors (Lipinski definition) is 3. The van der Waals surface area contributed by atoms with Gasteiger partial charge < -0.3 is 16.8 Å². The Morgan fingerprint density at radius 3 is 2.92 bits per heavy atom. The lowest BCUT2D eigenvalue weighted by Crippen LogP contribution is -2.15. The molecule has 0 bridgehead atoms. The molecule has 0 aliphatic carbocycles. The molecule has 66 valence electrons. The first-order chi connectivity index (χ1) is 5.68. The van der Waals surface area contributed by atoms with Crippen LogP contribution in [0.2, 0.25) is 0 Å². The molecule has 1 aromatic heterocycles. The first kappa shape index (κ1) is 8.72. The molecule has 0 aromatic carbocycles. The zero-order valence-electron chi connectivity index (χ0n) is 6.28. The van der Waals surface area contributed by atoms with Gasteiger partial charge in [0.2, 0.25) is 17.0 Å². The van der Waals surface area contributed by atoms with E-state index in [0.717, 1.165) is 11.5 Å². The number of nitrogens with one attached hydrogen (secondary N) is 1. The largest absolute Gasteiger partial charge is 0.370 e. The van der Waals surface area contributed by atoms with Crippen LogP contribution in [0.4, 0.5) is 11.1 Å². The summed E-state index contributed by atoms with van der Waals surface area (Å²) in [5, 5.41) is 3.47. The van der Waals surface area contributed by atoms with Gasteiger partial charge in [0.1, 0.15) is 0 Å². The highest BCUT2D eigenvalue weighted by molar-refractivity contribution is 7.09. The summed E-state index contributed by atoms with van der Waals surface area (Å²) in [4.78, 5) is 14.1. The molecule has 0 unspecified atom stereocenters. The number of nitrogen functional groups attached to an aromatic ring is 1. The lowest BCUT2D eigenvalue weighted by Gasteiger charge is -1.96. The van der Waals surface area contributed by atoms with E-state index in [1.54, 1.807) is 0 Å². The van der Waals surface area contributed by atoms with Crippen molar-refractivity contribution in [2.45, 2.75) is 6.42 Å². The number of carbonyl (C=O) groups is 1. The number of hydrogen-bond acceptors (Lipinski definition) is 6. The molecule has 1 rings (SSSR count). The van der Waals surface area contributed by atoms with Crippen LogP contribution in [0.1, 0.15) is 6.42 Å². The molecule has 5 N–H and O–H groups in total. The van der Waals surface area contributed by atoms with Crippen molar-refractivity contribution >= 4 is 28.5 Å². The maximum Gasteiger partial charge on any atom is 0.233 e. The van der Waals surface area contributed by atoms with E-state index in [2.05, 4.69) is 14.7 Å². The van der Waals surface area contributed by atoms with Gasteiger partial charge in [-0.15, -0.1) is 0 Å². The van der Waals surface area contributed by atoms with Gasteiger partial charge in [0.25, 0.3) is 0 Å². The van der Waals surface area contributed by atoms with E-state index in [4.69, 9.17) is 11.5 Å². The van der Waals surface area contributed by atoms with E-state index in [1.807, 2.05) is 0 Å². The Morgan fingerprint density at radius 2 is 2.42 bits per heavy atom. The van der Waals surface area contributed by atoms with Crippen LogP contribution < -0.4 is 16.8 Å². The number of anilines is 2. The summed E-state index contributed by atoms with van der Waals surface area (Å²) in [7, 11) is 0. The number of primary amides is 1.